The predicted octanol–water partition coefficient (Wildman–Crippen LogP) is 4.79. The Balaban J connectivity index is 2.49. The maximum Gasteiger partial charge on any atom is 0.244 e. The van der Waals surface area contributed by atoms with Gasteiger partial charge in [-0.2, -0.15) is 0 Å². The first-order valence-corrected chi connectivity index (χ1v) is 13.8. The van der Waals surface area contributed by atoms with Gasteiger partial charge in [-0.3, -0.25) is 13.9 Å². The molecule has 0 aromatic heterocycles. The number of carbonyl (C=O) groups is 2. The van der Waals surface area contributed by atoms with Crippen molar-refractivity contribution in [3.63, 3.8) is 0 Å². The Kier molecular flexibility index (Phi) is 9.62. The van der Waals surface area contributed by atoms with Gasteiger partial charge in [-0.25, -0.2) is 8.42 Å². The fourth-order valence-electron chi connectivity index (χ4n) is 3.60. The number of halogens is 2. The van der Waals surface area contributed by atoms with Gasteiger partial charge < -0.3 is 10.2 Å². The summed E-state index contributed by atoms with van der Waals surface area (Å²) in [6.07, 6.45) is 1.38. The zero-order valence-corrected chi connectivity index (χ0v) is 23.3. The number of nitrogens with one attached hydrogen (secondary N) is 1. The number of hydrogen-bond acceptors (Lipinski definition) is 4. The van der Waals surface area contributed by atoms with E-state index < -0.39 is 34.1 Å². The van der Waals surface area contributed by atoms with Crippen LogP contribution in [0.25, 0.3) is 0 Å². The molecule has 2 aromatic rings. The third-order valence-corrected chi connectivity index (χ3v) is 6.88. The van der Waals surface area contributed by atoms with E-state index >= 15 is 0 Å². The summed E-state index contributed by atoms with van der Waals surface area (Å²) >= 11 is 12.1. The Labute approximate surface area is 218 Å². The predicted molar refractivity (Wildman–Crippen MR) is 142 cm³/mol. The number of amides is 2. The molecule has 0 unspecified atom stereocenters. The highest BCUT2D eigenvalue weighted by Crippen LogP contribution is 2.27. The van der Waals surface area contributed by atoms with E-state index in [2.05, 4.69) is 5.32 Å². The molecule has 0 aliphatic heterocycles. The third kappa shape index (κ3) is 8.40. The molecular formula is C25H33Cl2N3O4S. The molecule has 35 heavy (non-hydrogen) atoms. The van der Waals surface area contributed by atoms with E-state index in [4.69, 9.17) is 23.2 Å². The van der Waals surface area contributed by atoms with Crippen LogP contribution in [0.2, 0.25) is 10.0 Å². The zero-order valence-electron chi connectivity index (χ0n) is 20.9. The van der Waals surface area contributed by atoms with Gasteiger partial charge >= 0.3 is 0 Å². The minimum Gasteiger partial charge on any atom is -0.350 e. The van der Waals surface area contributed by atoms with Gasteiger partial charge in [-0.1, -0.05) is 48.3 Å². The van der Waals surface area contributed by atoms with Gasteiger partial charge in [0.25, 0.3) is 0 Å². The Hall–Kier alpha value is -2.29. The van der Waals surface area contributed by atoms with Crippen LogP contribution in [-0.4, -0.2) is 49.5 Å². The van der Waals surface area contributed by atoms with Crippen molar-refractivity contribution in [3.05, 3.63) is 63.6 Å². The molecule has 2 rings (SSSR count). The van der Waals surface area contributed by atoms with Crippen LogP contribution in [0.3, 0.4) is 0 Å². The molecule has 0 saturated carbocycles. The molecule has 192 valence electrons. The highest BCUT2D eigenvalue weighted by atomic mass is 35.5. The van der Waals surface area contributed by atoms with Crippen LogP contribution in [0.4, 0.5) is 5.69 Å². The Morgan fingerprint density at radius 3 is 2.11 bits per heavy atom. The van der Waals surface area contributed by atoms with Crippen LogP contribution in [0.1, 0.15) is 45.2 Å². The quantitative estimate of drug-likeness (QED) is 0.494. The number of hydrogen-bond donors (Lipinski definition) is 1. The van der Waals surface area contributed by atoms with Crippen LogP contribution >= 0.6 is 23.2 Å². The van der Waals surface area contributed by atoms with Crippen molar-refractivity contribution < 1.29 is 18.0 Å². The maximum atomic E-state index is 13.7. The van der Waals surface area contributed by atoms with Crippen LogP contribution in [0, 0.1) is 6.92 Å². The molecule has 0 saturated heterocycles. The largest absolute Gasteiger partial charge is 0.350 e. The van der Waals surface area contributed by atoms with Crippen molar-refractivity contribution >= 4 is 50.7 Å². The molecule has 10 heteroatoms. The Morgan fingerprint density at radius 2 is 1.60 bits per heavy atom. The molecule has 0 radical (unpaired) electrons. The van der Waals surface area contributed by atoms with Crippen LogP contribution < -0.4 is 9.62 Å². The molecule has 0 bridgehead atoms. The van der Waals surface area contributed by atoms with Crippen LogP contribution in [-0.2, 0) is 26.2 Å². The number of anilines is 1. The minimum atomic E-state index is -3.84. The fourth-order valence-corrected chi connectivity index (χ4v) is 4.80. The summed E-state index contributed by atoms with van der Waals surface area (Å²) in [5.41, 5.74) is 1.21. The zero-order chi connectivity index (χ0) is 26.6. The van der Waals surface area contributed by atoms with Gasteiger partial charge in [-0.05, 0) is 69.5 Å². The first kappa shape index (κ1) is 28.9. The van der Waals surface area contributed by atoms with Gasteiger partial charge in [0, 0.05) is 22.1 Å². The number of sulfonamides is 1. The smallest absolute Gasteiger partial charge is 0.244 e. The van der Waals surface area contributed by atoms with E-state index in [1.807, 2.05) is 27.7 Å². The van der Waals surface area contributed by atoms with E-state index in [9.17, 15) is 18.0 Å². The lowest BCUT2D eigenvalue weighted by atomic mass is 10.1. The van der Waals surface area contributed by atoms with Crippen molar-refractivity contribution in [2.45, 2.75) is 59.2 Å². The number of carbonyl (C=O) groups excluding carboxylic acids is 2. The average Bonchev–Trinajstić information content (AvgIpc) is 2.73. The highest BCUT2D eigenvalue weighted by Gasteiger charge is 2.33. The van der Waals surface area contributed by atoms with Crippen molar-refractivity contribution in [2.75, 3.05) is 17.1 Å². The van der Waals surface area contributed by atoms with E-state index in [0.29, 0.717) is 27.7 Å². The molecule has 7 nitrogen and oxygen atoms in total. The fraction of sp³-hybridized carbons (Fsp3) is 0.440. The molecule has 0 aliphatic carbocycles. The molecule has 0 fully saturated rings. The summed E-state index contributed by atoms with van der Waals surface area (Å²) in [6, 6.07) is 11.0. The maximum absolute atomic E-state index is 13.7. The Morgan fingerprint density at radius 1 is 1.03 bits per heavy atom. The second-order valence-corrected chi connectivity index (χ2v) is 12.3. The van der Waals surface area contributed by atoms with Gasteiger partial charge in [0.2, 0.25) is 21.8 Å². The molecular weight excluding hydrogens is 509 g/mol. The van der Waals surface area contributed by atoms with Crippen molar-refractivity contribution in [3.8, 4) is 0 Å². The molecule has 0 heterocycles. The lowest BCUT2D eigenvalue weighted by Gasteiger charge is -2.34. The summed E-state index contributed by atoms with van der Waals surface area (Å²) < 4.78 is 26.5. The summed E-state index contributed by atoms with van der Waals surface area (Å²) in [7, 11) is -3.84. The summed E-state index contributed by atoms with van der Waals surface area (Å²) in [5.74, 6) is -0.826. The molecule has 0 aliphatic rings. The molecule has 2 aromatic carbocycles. The first-order valence-electron chi connectivity index (χ1n) is 11.2. The molecule has 1 atom stereocenters. The monoisotopic (exact) mass is 541 g/mol. The van der Waals surface area contributed by atoms with Crippen LogP contribution in [0.5, 0.6) is 0 Å². The van der Waals surface area contributed by atoms with Crippen molar-refractivity contribution in [2.24, 2.45) is 0 Å². The van der Waals surface area contributed by atoms with E-state index in [1.165, 1.54) is 11.0 Å². The third-order valence-electron chi connectivity index (χ3n) is 5.27. The van der Waals surface area contributed by atoms with Crippen LogP contribution in [0.15, 0.2) is 42.5 Å². The Bertz CT molecular complexity index is 1160. The summed E-state index contributed by atoms with van der Waals surface area (Å²) in [4.78, 5) is 28.3. The van der Waals surface area contributed by atoms with E-state index in [0.717, 1.165) is 16.1 Å². The highest BCUT2D eigenvalue weighted by molar-refractivity contribution is 7.92. The van der Waals surface area contributed by atoms with E-state index in [-0.39, 0.29) is 12.5 Å². The molecule has 0 spiro atoms. The summed E-state index contributed by atoms with van der Waals surface area (Å²) in [6.45, 7) is 8.75. The van der Waals surface area contributed by atoms with E-state index in [1.54, 1.807) is 43.3 Å². The topological polar surface area (TPSA) is 86.8 Å². The number of rotatable bonds is 9. The summed E-state index contributed by atoms with van der Waals surface area (Å²) in [5, 5.41) is 3.82. The number of nitrogens with zero attached hydrogens (tertiary/aromatic N) is 2. The second-order valence-electron chi connectivity index (χ2n) is 9.51. The SMILES string of the molecule is CC[C@H](C(=O)NC(C)(C)C)N(Cc1ccc(Cl)cc1)C(=O)CN(c1cc(Cl)ccc1C)S(C)(=O)=O. The number of benzene rings is 2. The van der Waals surface area contributed by atoms with Gasteiger partial charge in [0.05, 0.1) is 11.9 Å². The minimum absolute atomic E-state index is 0.109. The van der Waals surface area contributed by atoms with Gasteiger partial charge in [-0.15, -0.1) is 0 Å². The molecule has 1 N–H and O–H groups in total. The van der Waals surface area contributed by atoms with Crippen molar-refractivity contribution in [1.29, 1.82) is 0 Å². The van der Waals surface area contributed by atoms with Gasteiger partial charge in [0.15, 0.2) is 0 Å². The van der Waals surface area contributed by atoms with Gasteiger partial charge in [0.1, 0.15) is 12.6 Å². The molecule has 2 amide bonds. The standard InChI is InChI=1S/C25H33Cl2N3O4S/c1-7-21(24(32)28-25(3,4)5)29(15-18-9-12-19(26)13-10-18)23(31)16-30(35(6,33)34)22-14-20(27)11-8-17(22)2/h8-14,21H,7,15-16H2,1-6H3,(H,28,32)/t21-/m1/s1. The first-order chi connectivity index (χ1) is 16.1. The van der Waals surface area contributed by atoms with Crippen molar-refractivity contribution in [1.82, 2.24) is 10.2 Å². The second kappa shape index (κ2) is 11.6. The lowest BCUT2D eigenvalue weighted by molar-refractivity contribution is -0.141. The number of aryl methyl sites for hydroxylation is 1. The lowest BCUT2D eigenvalue weighted by Crippen LogP contribution is -2.55. The normalized spacial score (nSPS) is 12.7. The average molecular weight is 543 g/mol.